The highest BCUT2D eigenvalue weighted by Gasteiger charge is 2.18. The number of hydrogen-bond donors (Lipinski definition) is 0. The molecule has 0 spiro atoms. The summed E-state index contributed by atoms with van der Waals surface area (Å²) in [5, 5.41) is 4.57. The normalized spacial score (nSPS) is 12.0. The molecule has 0 bridgehead atoms. The molecule has 3 rings (SSSR count). The number of nitrogens with zero attached hydrogens (tertiary/aromatic N) is 1. The minimum Gasteiger partial charge on any atom is -0.225 e. The van der Waals surface area contributed by atoms with E-state index in [1.165, 1.54) is 27.7 Å². The lowest BCUT2D eigenvalue weighted by molar-refractivity contribution is 0.596. The van der Waals surface area contributed by atoms with Crippen LogP contribution in [0.25, 0.3) is 22.0 Å². The minimum atomic E-state index is 0.0927. The molecule has 0 N–H and O–H groups in total. The molecule has 1 aromatic heterocycles. The summed E-state index contributed by atoms with van der Waals surface area (Å²) in [4.78, 5) is 4.39. The average Bonchev–Trinajstić information content (AvgIpc) is 2.83. The first-order chi connectivity index (χ1) is 9.45. The van der Waals surface area contributed by atoms with Crippen LogP contribution in [0.1, 0.15) is 26.3 Å². The standard InChI is InChI=1S/C17H16ClNS/c1-17(2,3)14-9-12(15-10-20-16(18)19-15)8-11-6-4-5-7-13(11)14/h4-10H,1-3H3. The molecular weight excluding hydrogens is 286 g/mol. The Morgan fingerprint density at radius 2 is 1.85 bits per heavy atom. The fourth-order valence-corrected chi connectivity index (χ4v) is 3.24. The molecule has 0 saturated carbocycles. The topological polar surface area (TPSA) is 12.9 Å². The van der Waals surface area contributed by atoms with E-state index in [1.54, 1.807) is 0 Å². The molecule has 0 unspecified atom stereocenters. The van der Waals surface area contributed by atoms with Crippen LogP contribution < -0.4 is 0 Å². The van der Waals surface area contributed by atoms with Gasteiger partial charge in [0.05, 0.1) is 5.69 Å². The number of benzene rings is 2. The number of rotatable bonds is 1. The highest BCUT2D eigenvalue weighted by atomic mass is 35.5. The second-order valence-corrected chi connectivity index (χ2v) is 7.42. The Labute approximate surface area is 128 Å². The summed E-state index contributed by atoms with van der Waals surface area (Å²) in [5.41, 5.74) is 3.53. The van der Waals surface area contributed by atoms with Crippen LogP contribution in [-0.4, -0.2) is 4.98 Å². The number of aromatic nitrogens is 1. The maximum Gasteiger partial charge on any atom is 0.184 e. The average molecular weight is 302 g/mol. The Hall–Kier alpha value is -1.38. The molecule has 0 radical (unpaired) electrons. The van der Waals surface area contributed by atoms with Crippen molar-refractivity contribution >= 4 is 33.7 Å². The van der Waals surface area contributed by atoms with E-state index in [2.05, 4.69) is 62.2 Å². The summed E-state index contributed by atoms with van der Waals surface area (Å²) >= 11 is 7.44. The van der Waals surface area contributed by atoms with Crippen LogP contribution in [0.5, 0.6) is 0 Å². The van der Waals surface area contributed by atoms with Crippen molar-refractivity contribution < 1.29 is 0 Å². The number of halogens is 1. The first-order valence-electron chi connectivity index (χ1n) is 6.60. The zero-order valence-electron chi connectivity index (χ0n) is 11.8. The molecule has 102 valence electrons. The second kappa shape index (κ2) is 4.87. The number of fused-ring (bicyclic) bond motifs is 1. The molecular formula is C17H16ClNS. The third-order valence-corrected chi connectivity index (χ3v) is 4.42. The van der Waals surface area contributed by atoms with Crippen molar-refractivity contribution in [2.45, 2.75) is 26.2 Å². The van der Waals surface area contributed by atoms with Gasteiger partial charge in [-0.3, -0.25) is 0 Å². The summed E-state index contributed by atoms with van der Waals surface area (Å²) in [6.45, 7) is 6.73. The lowest BCUT2D eigenvalue weighted by atomic mass is 9.82. The highest BCUT2D eigenvalue weighted by Crippen LogP contribution is 2.35. The van der Waals surface area contributed by atoms with Crippen LogP contribution >= 0.6 is 22.9 Å². The number of hydrogen-bond acceptors (Lipinski definition) is 2. The van der Waals surface area contributed by atoms with E-state index in [0.29, 0.717) is 4.47 Å². The molecule has 1 heterocycles. The van der Waals surface area contributed by atoms with Gasteiger partial charge in [-0.25, -0.2) is 4.98 Å². The van der Waals surface area contributed by atoms with Crippen molar-refractivity contribution in [2.75, 3.05) is 0 Å². The highest BCUT2D eigenvalue weighted by molar-refractivity contribution is 7.14. The van der Waals surface area contributed by atoms with Gasteiger partial charge in [0.1, 0.15) is 0 Å². The van der Waals surface area contributed by atoms with Gasteiger partial charge < -0.3 is 0 Å². The van der Waals surface area contributed by atoms with Crippen molar-refractivity contribution in [3.8, 4) is 11.3 Å². The summed E-state index contributed by atoms with van der Waals surface area (Å²) in [5.74, 6) is 0. The summed E-state index contributed by atoms with van der Waals surface area (Å²) in [7, 11) is 0. The van der Waals surface area contributed by atoms with Gasteiger partial charge in [-0.15, -0.1) is 11.3 Å². The van der Waals surface area contributed by atoms with Gasteiger partial charge in [-0.1, -0.05) is 56.6 Å². The summed E-state index contributed by atoms with van der Waals surface area (Å²) in [6.07, 6.45) is 0. The van der Waals surface area contributed by atoms with Gasteiger partial charge in [0, 0.05) is 10.9 Å². The lowest BCUT2D eigenvalue weighted by Crippen LogP contribution is -2.11. The zero-order valence-corrected chi connectivity index (χ0v) is 13.3. The first kappa shape index (κ1) is 13.6. The minimum absolute atomic E-state index is 0.0927. The Morgan fingerprint density at radius 3 is 2.50 bits per heavy atom. The molecule has 1 nitrogen and oxygen atoms in total. The van der Waals surface area contributed by atoms with Crippen molar-refractivity contribution in [3.05, 3.63) is 51.8 Å². The van der Waals surface area contributed by atoms with E-state index in [-0.39, 0.29) is 5.41 Å². The van der Waals surface area contributed by atoms with E-state index in [9.17, 15) is 0 Å². The maximum atomic E-state index is 5.97. The van der Waals surface area contributed by atoms with Crippen LogP contribution in [0.15, 0.2) is 41.8 Å². The van der Waals surface area contributed by atoms with Crippen LogP contribution in [0.4, 0.5) is 0 Å². The van der Waals surface area contributed by atoms with Crippen LogP contribution in [0.3, 0.4) is 0 Å². The van der Waals surface area contributed by atoms with Crippen molar-refractivity contribution in [1.82, 2.24) is 4.98 Å². The van der Waals surface area contributed by atoms with E-state index in [1.807, 2.05) is 5.38 Å². The SMILES string of the molecule is CC(C)(C)c1cc(-c2csc(Cl)n2)cc2ccccc12. The van der Waals surface area contributed by atoms with E-state index >= 15 is 0 Å². The van der Waals surface area contributed by atoms with E-state index < -0.39 is 0 Å². The molecule has 0 aliphatic rings. The monoisotopic (exact) mass is 301 g/mol. The van der Waals surface area contributed by atoms with Gasteiger partial charge in [0.2, 0.25) is 0 Å². The molecule has 0 fully saturated rings. The van der Waals surface area contributed by atoms with Crippen molar-refractivity contribution in [3.63, 3.8) is 0 Å². The second-order valence-electron chi connectivity index (χ2n) is 5.98. The molecule has 0 aliphatic heterocycles. The largest absolute Gasteiger partial charge is 0.225 e. The molecule has 20 heavy (non-hydrogen) atoms. The summed E-state index contributed by atoms with van der Waals surface area (Å²) in [6, 6.07) is 12.9. The van der Waals surface area contributed by atoms with E-state index in [0.717, 1.165) is 11.3 Å². The maximum absolute atomic E-state index is 5.97. The molecule has 3 aromatic rings. The fraction of sp³-hybridized carbons (Fsp3) is 0.235. The fourth-order valence-electron chi connectivity index (χ4n) is 2.46. The molecule has 0 aliphatic carbocycles. The molecule has 3 heteroatoms. The Morgan fingerprint density at radius 1 is 1.10 bits per heavy atom. The third-order valence-electron chi connectivity index (χ3n) is 3.44. The first-order valence-corrected chi connectivity index (χ1v) is 7.85. The quantitative estimate of drug-likeness (QED) is 0.544. The molecule has 0 amide bonds. The Balaban J connectivity index is 2.30. The predicted octanol–water partition coefficient (Wildman–Crippen LogP) is 5.91. The van der Waals surface area contributed by atoms with Gasteiger partial charge in [-0.2, -0.15) is 0 Å². The van der Waals surface area contributed by atoms with Gasteiger partial charge in [0.25, 0.3) is 0 Å². The van der Waals surface area contributed by atoms with E-state index in [4.69, 9.17) is 11.6 Å². The number of thiazole rings is 1. The van der Waals surface area contributed by atoms with Gasteiger partial charge in [0.15, 0.2) is 4.47 Å². The zero-order chi connectivity index (χ0) is 14.3. The molecule has 0 atom stereocenters. The molecule has 2 aromatic carbocycles. The van der Waals surface area contributed by atoms with Crippen molar-refractivity contribution in [1.29, 1.82) is 0 Å². The van der Waals surface area contributed by atoms with Crippen LogP contribution in [-0.2, 0) is 5.41 Å². The van der Waals surface area contributed by atoms with Crippen LogP contribution in [0.2, 0.25) is 4.47 Å². The van der Waals surface area contributed by atoms with Crippen molar-refractivity contribution in [2.24, 2.45) is 0 Å². The lowest BCUT2D eigenvalue weighted by Gasteiger charge is -2.22. The van der Waals surface area contributed by atoms with Crippen LogP contribution in [0, 0.1) is 0 Å². The summed E-state index contributed by atoms with van der Waals surface area (Å²) < 4.78 is 0.588. The molecule has 0 saturated heterocycles. The Kier molecular flexibility index (Phi) is 3.31. The predicted molar refractivity (Wildman–Crippen MR) is 88.8 cm³/mol. The van der Waals surface area contributed by atoms with Gasteiger partial charge >= 0.3 is 0 Å². The van der Waals surface area contributed by atoms with Gasteiger partial charge in [-0.05, 0) is 33.9 Å². The smallest absolute Gasteiger partial charge is 0.184 e. The third kappa shape index (κ3) is 2.46. The Bertz CT molecular complexity index is 768.